The van der Waals surface area contributed by atoms with Crippen LogP contribution in [0.25, 0.3) is 0 Å². The van der Waals surface area contributed by atoms with Crippen LogP contribution in [0.2, 0.25) is 0 Å². The van der Waals surface area contributed by atoms with Crippen LogP contribution < -0.4 is 0 Å². The summed E-state index contributed by atoms with van der Waals surface area (Å²) in [6, 6.07) is 3.75. The van der Waals surface area contributed by atoms with E-state index in [1.165, 1.54) is 42.9 Å². The first-order chi connectivity index (χ1) is 12.1. The fourth-order valence-electron chi connectivity index (χ4n) is 3.89. The van der Waals surface area contributed by atoms with Crippen molar-refractivity contribution in [3.8, 4) is 0 Å². The average Bonchev–Trinajstić information content (AvgIpc) is 3.24. The Balaban J connectivity index is 1.52. The summed E-state index contributed by atoms with van der Waals surface area (Å²) in [7, 11) is 1.99. The predicted octanol–water partition coefficient (Wildman–Crippen LogP) is 1.92. The molecule has 1 saturated heterocycles. The Hall–Kier alpha value is -2.21. The molecule has 0 spiro atoms. The Bertz CT molecular complexity index is 774. The molecule has 2 aromatic heterocycles. The molecule has 2 aliphatic rings. The normalized spacial score (nSPS) is 17.8. The monoisotopic (exact) mass is 339 g/mol. The molecule has 4 heterocycles. The minimum absolute atomic E-state index is 0.0560. The van der Waals surface area contributed by atoms with Crippen LogP contribution >= 0.6 is 0 Å². The summed E-state index contributed by atoms with van der Waals surface area (Å²) in [5, 5.41) is 4.76. The number of carbonyl (C=O) groups excluding carboxylic acids is 1. The van der Waals surface area contributed by atoms with Crippen LogP contribution in [0.3, 0.4) is 0 Å². The van der Waals surface area contributed by atoms with Gasteiger partial charge in [0.2, 0.25) is 0 Å². The molecule has 0 unspecified atom stereocenters. The Labute approximate surface area is 148 Å². The van der Waals surface area contributed by atoms with Crippen LogP contribution in [-0.4, -0.2) is 50.1 Å². The molecule has 1 amide bonds. The lowest BCUT2D eigenvalue weighted by atomic mass is 10.0. The standard InChI is InChI=1S/C19H25N5O/c1-14-5-6-15(11-20-14)19(25)24-10-7-16-17(12-23-8-3-4-9-23)21-22(2)18(16)13-24/h5-6,11H,3-4,7-10,12-13H2,1-2H3. The number of fused-ring (bicyclic) bond motifs is 1. The van der Waals surface area contributed by atoms with Gasteiger partial charge >= 0.3 is 0 Å². The average molecular weight is 339 g/mol. The predicted molar refractivity (Wildman–Crippen MR) is 95.1 cm³/mol. The quantitative estimate of drug-likeness (QED) is 0.857. The Morgan fingerprint density at radius 2 is 2.00 bits per heavy atom. The molecule has 4 rings (SSSR count). The van der Waals surface area contributed by atoms with Gasteiger partial charge in [0.25, 0.3) is 5.91 Å². The lowest BCUT2D eigenvalue weighted by Gasteiger charge is -2.28. The zero-order valence-corrected chi connectivity index (χ0v) is 15.0. The van der Waals surface area contributed by atoms with E-state index in [1.54, 1.807) is 6.20 Å². The van der Waals surface area contributed by atoms with Crippen LogP contribution in [0.1, 0.15) is 45.8 Å². The molecule has 2 aromatic rings. The Morgan fingerprint density at radius 3 is 2.72 bits per heavy atom. The largest absolute Gasteiger partial charge is 0.332 e. The first kappa shape index (κ1) is 16.3. The number of pyridine rings is 1. The van der Waals surface area contributed by atoms with Gasteiger partial charge in [-0.3, -0.25) is 19.4 Å². The fourth-order valence-corrected chi connectivity index (χ4v) is 3.89. The lowest BCUT2D eigenvalue weighted by molar-refractivity contribution is 0.0729. The summed E-state index contributed by atoms with van der Waals surface area (Å²) < 4.78 is 1.97. The van der Waals surface area contributed by atoms with Gasteiger partial charge in [-0.05, 0) is 51.4 Å². The van der Waals surface area contributed by atoms with E-state index in [0.717, 1.165) is 25.2 Å². The topological polar surface area (TPSA) is 54.3 Å². The van der Waals surface area contributed by atoms with Crippen molar-refractivity contribution in [3.05, 3.63) is 46.5 Å². The molecular weight excluding hydrogens is 314 g/mol. The Morgan fingerprint density at radius 1 is 1.20 bits per heavy atom. The summed E-state index contributed by atoms with van der Waals surface area (Å²) in [4.78, 5) is 21.4. The van der Waals surface area contributed by atoms with Gasteiger partial charge in [0.05, 0.1) is 23.5 Å². The maximum atomic E-state index is 12.8. The second-order valence-corrected chi connectivity index (χ2v) is 7.14. The van der Waals surface area contributed by atoms with Crippen molar-refractivity contribution in [2.45, 2.75) is 39.3 Å². The van der Waals surface area contributed by atoms with Gasteiger partial charge in [-0.1, -0.05) is 0 Å². The maximum absolute atomic E-state index is 12.8. The van der Waals surface area contributed by atoms with Gasteiger partial charge in [-0.2, -0.15) is 5.10 Å². The molecule has 0 saturated carbocycles. The number of carbonyl (C=O) groups is 1. The minimum atomic E-state index is 0.0560. The number of hydrogen-bond donors (Lipinski definition) is 0. The number of likely N-dealkylation sites (tertiary alicyclic amines) is 1. The number of amides is 1. The van der Waals surface area contributed by atoms with Crippen LogP contribution in [0.15, 0.2) is 18.3 Å². The first-order valence-corrected chi connectivity index (χ1v) is 9.10. The molecule has 0 aliphatic carbocycles. The third kappa shape index (κ3) is 3.18. The van der Waals surface area contributed by atoms with Crippen molar-refractivity contribution in [1.82, 2.24) is 24.6 Å². The number of nitrogens with zero attached hydrogens (tertiary/aromatic N) is 5. The molecule has 25 heavy (non-hydrogen) atoms. The van der Waals surface area contributed by atoms with Crippen molar-refractivity contribution in [2.75, 3.05) is 19.6 Å². The molecule has 2 aliphatic heterocycles. The third-order valence-electron chi connectivity index (χ3n) is 5.35. The van der Waals surface area contributed by atoms with E-state index in [2.05, 4.69) is 9.88 Å². The van der Waals surface area contributed by atoms with Crippen molar-refractivity contribution < 1.29 is 4.79 Å². The number of aromatic nitrogens is 3. The minimum Gasteiger partial charge on any atom is -0.332 e. The maximum Gasteiger partial charge on any atom is 0.255 e. The highest BCUT2D eigenvalue weighted by atomic mass is 16.2. The second-order valence-electron chi connectivity index (χ2n) is 7.14. The number of aryl methyl sites for hydroxylation is 2. The van der Waals surface area contributed by atoms with Gasteiger partial charge in [0, 0.05) is 37.6 Å². The first-order valence-electron chi connectivity index (χ1n) is 9.10. The summed E-state index contributed by atoms with van der Waals surface area (Å²) in [6.45, 7) is 6.61. The van der Waals surface area contributed by atoms with Crippen molar-refractivity contribution in [1.29, 1.82) is 0 Å². The van der Waals surface area contributed by atoms with Crippen molar-refractivity contribution >= 4 is 5.91 Å². The summed E-state index contributed by atoms with van der Waals surface area (Å²) in [5.41, 5.74) is 5.31. The Kier molecular flexibility index (Phi) is 4.29. The molecule has 132 valence electrons. The number of rotatable bonds is 3. The van der Waals surface area contributed by atoms with Crippen molar-refractivity contribution in [2.24, 2.45) is 7.05 Å². The molecule has 0 aromatic carbocycles. The summed E-state index contributed by atoms with van der Waals surface area (Å²) >= 11 is 0. The fraction of sp³-hybridized carbons (Fsp3) is 0.526. The van der Waals surface area contributed by atoms with Crippen LogP contribution in [0.5, 0.6) is 0 Å². The molecule has 0 atom stereocenters. The zero-order valence-electron chi connectivity index (χ0n) is 15.0. The van der Waals surface area contributed by atoms with Crippen LogP contribution in [0.4, 0.5) is 0 Å². The lowest BCUT2D eigenvalue weighted by Crippen LogP contribution is -2.36. The summed E-state index contributed by atoms with van der Waals surface area (Å²) in [6.07, 6.45) is 5.15. The molecule has 1 fully saturated rings. The highest BCUT2D eigenvalue weighted by Crippen LogP contribution is 2.25. The summed E-state index contributed by atoms with van der Waals surface area (Å²) in [5.74, 6) is 0.0560. The SMILES string of the molecule is Cc1ccc(C(=O)N2CCc3c(CN4CCCC4)nn(C)c3C2)cn1. The zero-order chi connectivity index (χ0) is 17.4. The van der Waals surface area contributed by atoms with E-state index in [9.17, 15) is 4.79 Å². The smallest absolute Gasteiger partial charge is 0.255 e. The molecule has 6 nitrogen and oxygen atoms in total. The van der Waals surface area contributed by atoms with Crippen LogP contribution in [-0.2, 0) is 26.6 Å². The van der Waals surface area contributed by atoms with Crippen LogP contribution in [0, 0.1) is 6.92 Å². The highest BCUT2D eigenvalue weighted by Gasteiger charge is 2.28. The van der Waals surface area contributed by atoms with Gasteiger partial charge in [-0.15, -0.1) is 0 Å². The van der Waals surface area contributed by atoms with E-state index in [0.29, 0.717) is 12.1 Å². The van der Waals surface area contributed by atoms with Gasteiger partial charge in [-0.25, -0.2) is 0 Å². The molecular formula is C19H25N5O. The second kappa shape index (κ2) is 6.59. The number of hydrogen-bond acceptors (Lipinski definition) is 4. The van der Waals surface area contributed by atoms with E-state index in [4.69, 9.17) is 5.10 Å². The molecule has 0 N–H and O–H groups in total. The van der Waals surface area contributed by atoms with Gasteiger partial charge in [0.1, 0.15) is 0 Å². The molecule has 0 radical (unpaired) electrons. The van der Waals surface area contributed by atoms with Gasteiger partial charge in [0.15, 0.2) is 0 Å². The van der Waals surface area contributed by atoms with E-state index in [-0.39, 0.29) is 5.91 Å². The third-order valence-corrected chi connectivity index (χ3v) is 5.35. The van der Waals surface area contributed by atoms with Gasteiger partial charge < -0.3 is 4.90 Å². The highest BCUT2D eigenvalue weighted by molar-refractivity contribution is 5.94. The van der Waals surface area contributed by atoms with E-state index < -0.39 is 0 Å². The molecule has 6 heteroatoms. The van der Waals surface area contributed by atoms with E-state index in [1.807, 2.05) is 35.7 Å². The molecule has 0 bridgehead atoms. The van der Waals surface area contributed by atoms with Crippen molar-refractivity contribution in [3.63, 3.8) is 0 Å². The van der Waals surface area contributed by atoms with E-state index >= 15 is 0 Å².